The molecule has 0 amide bonds. The second-order valence-electron chi connectivity index (χ2n) is 4.93. The van der Waals surface area contributed by atoms with E-state index < -0.39 is 16.0 Å². The highest BCUT2D eigenvalue weighted by molar-refractivity contribution is 9.10. The van der Waals surface area contributed by atoms with Crippen LogP contribution in [0.15, 0.2) is 21.5 Å². The Kier molecular flexibility index (Phi) is 4.72. The molecule has 2 rings (SSSR count). The molecule has 0 aromatic heterocycles. The van der Waals surface area contributed by atoms with E-state index in [0.717, 1.165) is 0 Å². The molecule has 1 N–H and O–H groups in total. The zero-order chi connectivity index (χ0) is 15.8. The number of sulfonamides is 1. The Hall–Kier alpha value is -0.960. The van der Waals surface area contributed by atoms with Gasteiger partial charge < -0.3 is 9.84 Å². The SMILES string of the molecule is Cc1c(Br)cc(S(=O)(=O)N2CCOC(C)C2)cc1C(=O)O. The summed E-state index contributed by atoms with van der Waals surface area (Å²) in [6.45, 7) is 4.28. The largest absolute Gasteiger partial charge is 0.478 e. The van der Waals surface area contributed by atoms with Crippen molar-refractivity contribution >= 4 is 31.9 Å². The first kappa shape index (κ1) is 16.4. The number of carbonyl (C=O) groups is 1. The topological polar surface area (TPSA) is 83.9 Å². The van der Waals surface area contributed by atoms with Gasteiger partial charge in [0.25, 0.3) is 0 Å². The van der Waals surface area contributed by atoms with E-state index in [4.69, 9.17) is 4.74 Å². The predicted octanol–water partition coefficient (Wildman–Crippen LogP) is 1.87. The third-order valence-electron chi connectivity index (χ3n) is 3.39. The molecular weight excluding hydrogens is 362 g/mol. The van der Waals surface area contributed by atoms with Crippen LogP contribution < -0.4 is 0 Å². The number of carboxylic acids is 1. The van der Waals surface area contributed by atoms with Gasteiger partial charge in [0, 0.05) is 17.6 Å². The number of rotatable bonds is 3. The van der Waals surface area contributed by atoms with Gasteiger partial charge in [0.2, 0.25) is 10.0 Å². The molecule has 0 aliphatic carbocycles. The summed E-state index contributed by atoms with van der Waals surface area (Å²) in [6.07, 6.45) is -0.179. The van der Waals surface area contributed by atoms with Crippen LogP contribution in [0.4, 0.5) is 0 Å². The Morgan fingerprint density at radius 2 is 2.14 bits per heavy atom. The highest BCUT2D eigenvalue weighted by Crippen LogP contribution is 2.27. The molecule has 1 atom stereocenters. The number of halogens is 1. The second-order valence-corrected chi connectivity index (χ2v) is 7.72. The second kappa shape index (κ2) is 6.04. The number of nitrogens with zero attached hydrogens (tertiary/aromatic N) is 1. The fourth-order valence-electron chi connectivity index (χ4n) is 2.18. The van der Waals surface area contributed by atoms with Crippen molar-refractivity contribution in [2.45, 2.75) is 24.8 Å². The molecule has 0 saturated carbocycles. The van der Waals surface area contributed by atoms with Gasteiger partial charge in [0.05, 0.1) is 23.2 Å². The summed E-state index contributed by atoms with van der Waals surface area (Å²) in [5.41, 5.74) is 0.473. The number of carboxylic acid groups (broad SMARTS) is 1. The van der Waals surface area contributed by atoms with E-state index in [1.165, 1.54) is 16.4 Å². The molecule has 21 heavy (non-hydrogen) atoms. The van der Waals surface area contributed by atoms with Crippen molar-refractivity contribution in [1.82, 2.24) is 4.31 Å². The number of benzene rings is 1. The molecule has 1 unspecified atom stereocenters. The minimum Gasteiger partial charge on any atom is -0.478 e. The van der Waals surface area contributed by atoms with E-state index in [2.05, 4.69) is 15.9 Å². The summed E-state index contributed by atoms with van der Waals surface area (Å²) in [5.74, 6) is -1.15. The van der Waals surface area contributed by atoms with Gasteiger partial charge in [0.15, 0.2) is 0 Å². The number of aromatic carboxylic acids is 1. The third-order valence-corrected chi connectivity index (χ3v) is 6.06. The molecule has 6 nitrogen and oxygen atoms in total. The molecule has 1 fully saturated rings. The highest BCUT2D eigenvalue weighted by Gasteiger charge is 2.30. The zero-order valence-electron chi connectivity index (χ0n) is 11.7. The first-order valence-electron chi connectivity index (χ1n) is 6.38. The van der Waals surface area contributed by atoms with Gasteiger partial charge in [-0.15, -0.1) is 0 Å². The average molecular weight is 378 g/mol. The Morgan fingerprint density at radius 1 is 1.48 bits per heavy atom. The lowest BCUT2D eigenvalue weighted by molar-refractivity contribution is 0.0102. The molecule has 1 saturated heterocycles. The fraction of sp³-hybridized carbons (Fsp3) is 0.462. The van der Waals surface area contributed by atoms with Crippen molar-refractivity contribution in [3.8, 4) is 0 Å². The van der Waals surface area contributed by atoms with Crippen LogP contribution in [0.25, 0.3) is 0 Å². The van der Waals surface area contributed by atoms with Crippen LogP contribution in [0.1, 0.15) is 22.8 Å². The molecule has 1 heterocycles. The smallest absolute Gasteiger partial charge is 0.336 e. The van der Waals surface area contributed by atoms with Crippen LogP contribution >= 0.6 is 15.9 Å². The molecule has 0 spiro atoms. The van der Waals surface area contributed by atoms with Crippen LogP contribution in [0.2, 0.25) is 0 Å². The van der Waals surface area contributed by atoms with Gasteiger partial charge in [-0.3, -0.25) is 0 Å². The Bertz CT molecular complexity index is 673. The normalized spacial score (nSPS) is 20.4. The maximum Gasteiger partial charge on any atom is 0.336 e. The summed E-state index contributed by atoms with van der Waals surface area (Å²) in [4.78, 5) is 11.2. The Labute approximate surface area is 131 Å². The number of hydrogen-bond acceptors (Lipinski definition) is 4. The van der Waals surface area contributed by atoms with Gasteiger partial charge in [-0.2, -0.15) is 4.31 Å². The highest BCUT2D eigenvalue weighted by atomic mass is 79.9. The quantitative estimate of drug-likeness (QED) is 0.868. The number of hydrogen-bond donors (Lipinski definition) is 1. The minimum atomic E-state index is -3.73. The van der Waals surface area contributed by atoms with Crippen molar-refractivity contribution in [3.63, 3.8) is 0 Å². The first-order valence-corrected chi connectivity index (χ1v) is 8.62. The first-order chi connectivity index (χ1) is 9.73. The molecule has 8 heteroatoms. The van der Waals surface area contributed by atoms with Crippen LogP contribution in [0, 0.1) is 6.92 Å². The summed E-state index contributed by atoms with van der Waals surface area (Å²) in [5, 5.41) is 9.18. The van der Waals surface area contributed by atoms with Crippen LogP contribution in [0.3, 0.4) is 0 Å². The molecule has 1 aromatic rings. The van der Waals surface area contributed by atoms with Crippen LogP contribution in [-0.4, -0.2) is 49.6 Å². The van der Waals surface area contributed by atoms with Crippen molar-refractivity contribution in [2.24, 2.45) is 0 Å². The van der Waals surface area contributed by atoms with E-state index >= 15 is 0 Å². The van der Waals surface area contributed by atoms with Gasteiger partial charge in [-0.25, -0.2) is 13.2 Å². The molecule has 1 aromatic carbocycles. The monoisotopic (exact) mass is 377 g/mol. The van der Waals surface area contributed by atoms with E-state index in [1.54, 1.807) is 13.8 Å². The van der Waals surface area contributed by atoms with Crippen molar-refractivity contribution in [2.75, 3.05) is 19.7 Å². The van der Waals surface area contributed by atoms with E-state index in [-0.39, 0.29) is 29.7 Å². The molecule has 116 valence electrons. The van der Waals surface area contributed by atoms with E-state index in [1.807, 2.05) is 0 Å². The van der Waals surface area contributed by atoms with Gasteiger partial charge in [0.1, 0.15) is 0 Å². The zero-order valence-corrected chi connectivity index (χ0v) is 14.1. The van der Waals surface area contributed by atoms with Gasteiger partial charge in [-0.05, 0) is 31.5 Å². The standard InChI is InChI=1S/C13H16BrNO5S/c1-8-7-15(3-4-20-8)21(18,19)10-5-11(13(16)17)9(2)12(14)6-10/h5-6,8H,3-4,7H2,1-2H3,(H,16,17). The van der Waals surface area contributed by atoms with Crippen molar-refractivity contribution in [1.29, 1.82) is 0 Å². The Balaban J connectivity index is 2.47. The molecule has 0 bridgehead atoms. The molecule has 1 aliphatic heterocycles. The Morgan fingerprint density at radius 3 is 2.71 bits per heavy atom. The summed E-state index contributed by atoms with van der Waals surface area (Å²) in [6, 6.07) is 2.65. The lowest BCUT2D eigenvalue weighted by atomic mass is 10.1. The van der Waals surface area contributed by atoms with Gasteiger partial charge >= 0.3 is 5.97 Å². The predicted molar refractivity (Wildman–Crippen MR) is 80.0 cm³/mol. The maximum absolute atomic E-state index is 12.6. The molecule has 1 aliphatic rings. The summed E-state index contributed by atoms with van der Waals surface area (Å²) in [7, 11) is -3.73. The lowest BCUT2D eigenvalue weighted by Crippen LogP contribution is -2.44. The molecule has 0 radical (unpaired) electrons. The van der Waals surface area contributed by atoms with Crippen LogP contribution in [-0.2, 0) is 14.8 Å². The minimum absolute atomic E-state index is 0.0218. The summed E-state index contributed by atoms with van der Waals surface area (Å²) >= 11 is 3.22. The van der Waals surface area contributed by atoms with Gasteiger partial charge in [-0.1, -0.05) is 15.9 Å². The average Bonchev–Trinajstić information content (AvgIpc) is 2.41. The lowest BCUT2D eigenvalue weighted by Gasteiger charge is -2.30. The third kappa shape index (κ3) is 3.28. The van der Waals surface area contributed by atoms with Crippen LogP contribution in [0.5, 0.6) is 0 Å². The van der Waals surface area contributed by atoms with E-state index in [0.29, 0.717) is 16.6 Å². The van der Waals surface area contributed by atoms with E-state index in [9.17, 15) is 18.3 Å². The number of morpholine rings is 1. The maximum atomic E-state index is 12.6. The number of ether oxygens (including phenoxy) is 1. The molecular formula is C13H16BrNO5S. The fourth-order valence-corrected chi connectivity index (χ4v) is 4.34. The summed E-state index contributed by atoms with van der Waals surface area (Å²) < 4.78 is 32.4. The van der Waals surface area contributed by atoms with Crippen molar-refractivity contribution in [3.05, 3.63) is 27.7 Å². The van der Waals surface area contributed by atoms with Crippen molar-refractivity contribution < 1.29 is 23.1 Å².